The van der Waals surface area contributed by atoms with E-state index in [9.17, 15) is 0 Å². The topological polar surface area (TPSA) is 23.8 Å². The Morgan fingerprint density at radius 3 is 2.50 bits per heavy atom. The van der Waals surface area contributed by atoms with E-state index >= 15 is 4.39 Å². The van der Waals surface area contributed by atoms with Crippen LogP contribution < -0.4 is 0 Å². The molecule has 2 heteroatoms. The van der Waals surface area contributed by atoms with Gasteiger partial charge in [0.1, 0.15) is 5.82 Å². The van der Waals surface area contributed by atoms with Gasteiger partial charge < -0.3 is 0 Å². The summed E-state index contributed by atoms with van der Waals surface area (Å²) in [5.74, 6) is 1.65. The van der Waals surface area contributed by atoms with Gasteiger partial charge in [-0.05, 0) is 103 Å². The number of hydrogen-bond donors (Lipinski definition) is 0. The number of halogens is 1. The average Bonchev–Trinajstić information content (AvgIpc) is 2.79. The number of benzene rings is 2. The maximum atomic E-state index is 15.1. The Hall–Kier alpha value is -2.14. The van der Waals surface area contributed by atoms with E-state index in [-0.39, 0.29) is 11.7 Å². The van der Waals surface area contributed by atoms with Crippen molar-refractivity contribution in [2.24, 2.45) is 5.92 Å². The summed E-state index contributed by atoms with van der Waals surface area (Å²) in [6.07, 6.45) is 13.2. The second-order valence-electron chi connectivity index (χ2n) is 9.53. The fraction of sp³-hybridized carbons (Fsp3) is 0.536. The second-order valence-corrected chi connectivity index (χ2v) is 9.53. The number of hydrogen-bond acceptors (Lipinski definition) is 1. The van der Waals surface area contributed by atoms with Gasteiger partial charge in [-0.15, -0.1) is 0 Å². The van der Waals surface area contributed by atoms with Crippen molar-refractivity contribution in [3.63, 3.8) is 0 Å². The standard InChI is InChI=1S/C28H34FN/c1-2-3-4-5-20-6-9-22(10-7-20)25-14-15-27(28(29)18-25)26-13-12-23-16-21(19-30)8-11-24(23)17-26/h8,11,14-16,18,20,22,26H,2-7,9-10,12-13,17H2,1H3. The van der Waals surface area contributed by atoms with Gasteiger partial charge in [0.25, 0.3) is 0 Å². The van der Waals surface area contributed by atoms with Gasteiger partial charge >= 0.3 is 0 Å². The molecule has 0 aliphatic heterocycles. The highest BCUT2D eigenvalue weighted by atomic mass is 19.1. The van der Waals surface area contributed by atoms with Gasteiger partial charge in [-0.1, -0.05) is 50.8 Å². The van der Waals surface area contributed by atoms with Crippen molar-refractivity contribution in [1.82, 2.24) is 0 Å². The molecule has 0 spiro atoms. The van der Waals surface area contributed by atoms with E-state index in [0.29, 0.717) is 5.92 Å². The third-order valence-electron chi connectivity index (χ3n) is 7.56. The van der Waals surface area contributed by atoms with Crippen molar-refractivity contribution in [2.45, 2.75) is 89.4 Å². The average molecular weight is 404 g/mol. The van der Waals surface area contributed by atoms with E-state index in [1.165, 1.54) is 68.1 Å². The Bertz CT molecular complexity index is 901. The molecule has 2 aromatic rings. The number of aryl methyl sites for hydroxylation is 1. The van der Waals surface area contributed by atoms with Crippen LogP contribution in [0.15, 0.2) is 36.4 Å². The van der Waals surface area contributed by atoms with Crippen LogP contribution in [0.5, 0.6) is 0 Å². The molecule has 2 aromatic carbocycles. The smallest absolute Gasteiger partial charge is 0.126 e. The minimum absolute atomic E-state index is 0.0142. The summed E-state index contributed by atoms with van der Waals surface area (Å²) in [5.41, 5.74) is 5.34. The van der Waals surface area contributed by atoms with Gasteiger partial charge in [0, 0.05) is 0 Å². The van der Waals surface area contributed by atoms with E-state index in [1.807, 2.05) is 18.2 Å². The van der Waals surface area contributed by atoms with E-state index in [1.54, 1.807) is 0 Å². The normalized spacial score (nSPS) is 23.6. The predicted octanol–water partition coefficient (Wildman–Crippen LogP) is 7.82. The molecule has 0 N–H and O–H groups in total. The zero-order valence-electron chi connectivity index (χ0n) is 18.3. The molecule has 0 aromatic heterocycles. The highest BCUT2D eigenvalue weighted by molar-refractivity contribution is 5.41. The summed E-state index contributed by atoms with van der Waals surface area (Å²) < 4.78 is 15.1. The van der Waals surface area contributed by atoms with Crippen molar-refractivity contribution in [2.75, 3.05) is 0 Å². The van der Waals surface area contributed by atoms with Gasteiger partial charge in [0.05, 0.1) is 11.6 Å². The Kier molecular flexibility index (Phi) is 6.88. The second kappa shape index (κ2) is 9.78. The highest BCUT2D eigenvalue weighted by Gasteiger charge is 2.26. The third kappa shape index (κ3) is 4.77. The molecule has 0 saturated heterocycles. The SMILES string of the molecule is CCCCCC1CCC(c2ccc(C3CCc4cc(C#N)ccc4C3)c(F)c2)CC1. The Morgan fingerprint density at radius 1 is 0.933 bits per heavy atom. The maximum Gasteiger partial charge on any atom is 0.126 e. The van der Waals surface area contributed by atoms with Crippen molar-refractivity contribution < 1.29 is 4.39 Å². The largest absolute Gasteiger partial charge is 0.207 e. The number of rotatable bonds is 6. The van der Waals surface area contributed by atoms with E-state index < -0.39 is 0 Å². The molecular weight excluding hydrogens is 369 g/mol. The Morgan fingerprint density at radius 2 is 1.77 bits per heavy atom. The van der Waals surface area contributed by atoms with Crippen LogP contribution in [0.3, 0.4) is 0 Å². The monoisotopic (exact) mass is 403 g/mol. The Balaban J connectivity index is 1.39. The number of unbranched alkanes of at least 4 members (excludes halogenated alkanes) is 2. The first kappa shape index (κ1) is 21.1. The molecule has 30 heavy (non-hydrogen) atoms. The van der Waals surface area contributed by atoms with Gasteiger partial charge in [0.2, 0.25) is 0 Å². The van der Waals surface area contributed by atoms with Crippen LogP contribution in [0.2, 0.25) is 0 Å². The van der Waals surface area contributed by atoms with Crippen molar-refractivity contribution in [3.05, 3.63) is 70.0 Å². The number of nitriles is 1. The summed E-state index contributed by atoms with van der Waals surface area (Å²) in [6, 6.07) is 14.3. The summed E-state index contributed by atoms with van der Waals surface area (Å²) in [6.45, 7) is 2.27. The van der Waals surface area contributed by atoms with Crippen LogP contribution in [-0.2, 0) is 12.8 Å². The van der Waals surface area contributed by atoms with Gasteiger partial charge in [-0.25, -0.2) is 4.39 Å². The highest BCUT2D eigenvalue weighted by Crippen LogP contribution is 2.40. The zero-order chi connectivity index (χ0) is 20.9. The fourth-order valence-corrected chi connectivity index (χ4v) is 5.69. The molecule has 0 radical (unpaired) electrons. The summed E-state index contributed by atoms with van der Waals surface area (Å²) in [5, 5.41) is 9.10. The van der Waals surface area contributed by atoms with Crippen LogP contribution >= 0.6 is 0 Å². The van der Waals surface area contributed by atoms with Gasteiger partial charge in [-0.3, -0.25) is 0 Å². The van der Waals surface area contributed by atoms with Crippen molar-refractivity contribution >= 4 is 0 Å². The van der Waals surface area contributed by atoms with E-state index in [0.717, 1.165) is 36.3 Å². The molecule has 1 fully saturated rings. The van der Waals surface area contributed by atoms with Crippen LogP contribution in [0.25, 0.3) is 0 Å². The number of fused-ring (bicyclic) bond motifs is 1. The summed E-state index contributed by atoms with van der Waals surface area (Å²) in [7, 11) is 0. The third-order valence-corrected chi connectivity index (χ3v) is 7.56. The molecule has 2 aliphatic carbocycles. The van der Waals surface area contributed by atoms with Crippen molar-refractivity contribution in [3.8, 4) is 6.07 Å². The van der Waals surface area contributed by atoms with Gasteiger partial charge in [0.15, 0.2) is 0 Å². The molecule has 0 amide bonds. The zero-order valence-corrected chi connectivity index (χ0v) is 18.3. The van der Waals surface area contributed by atoms with Crippen molar-refractivity contribution in [1.29, 1.82) is 5.26 Å². The lowest BCUT2D eigenvalue weighted by molar-refractivity contribution is 0.302. The molecule has 158 valence electrons. The molecule has 1 saturated carbocycles. The molecule has 4 rings (SSSR count). The molecule has 0 heterocycles. The van der Waals surface area contributed by atoms with Crippen LogP contribution in [0, 0.1) is 23.1 Å². The molecule has 2 aliphatic rings. The molecular formula is C28H34FN. The van der Waals surface area contributed by atoms with Crippen LogP contribution in [0.4, 0.5) is 4.39 Å². The quantitative estimate of drug-likeness (QED) is 0.451. The lowest BCUT2D eigenvalue weighted by atomic mass is 9.76. The number of nitrogens with zero attached hydrogens (tertiary/aromatic N) is 1. The van der Waals surface area contributed by atoms with E-state index in [4.69, 9.17) is 5.26 Å². The van der Waals surface area contributed by atoms with E-state index in [2.05, 4.69) is 31.2 Å². The lowest BCUT2D eigenvalue weighted by Gasteiger charge is -2.30. The molecule has 1 unspecified atom stereocenters. The first-order valence-corrected chi connectivity index (χ1v) is 12.0. The first-order chi connectivity index (χ1) is 14.7. The molecule has 1 nitrogen and oxygen atoms in total. The first-order valence-electron chi connectivity index (χ1n) is 12.0. The minimum Gasteiger partial charge on any atom is -0.207 e. The van der Waals surface area contributed by atoms with Gasteiger partial charge in [-0.2, -0.15) is 5.26 Å². The summed E-state index contributed by atoms with van der Waals surface area (Å²) in [4.78, 5) is 0. The lowest BCUT2D eigenvalue weighted by Crippen LogP contribution is -2.16. The van der Waals surface area contributed by atoms with Crippen LogP contribution in [0.1, 0.15) is 104 Å². The fourth-order valence-electron chi connectivity index (χ4n) is 5.69. The molecule has 1 atom stereocenters. The molecule has 0 bridgehead atoms. The Labute approximate surface area is 181 Å². The summed E-state index contributed by atoms with van der Waals surface area (Å²) >= 11 is 0. The predicted molar refractivity (Wildman–Crippen MR) is 121 cm³/mol. The maximum absolute atomic E-state index is 15.1. The van der Waals surface area contributed by atoms with Crippen LogP contribution in [-0.4, -0.2) is 0 Å². The minimum atomic E-state index is -0.0142.